The summed E-state index contributed by atoms with van der Waals surface area (Å²) < 4.78 is 34.8. The minimum Gasteiger partial charge on any atom is -0.389 e. The van der Waals surface area contributed by atoms with Crippen LogP contribution in [0.4, 0.5) is 14.7 Å². The van der Waals surface area contributed by atoms with Crippen LogP contribution in [-0.2, 0) is 10.6 Å². The number of hydrogen-bond acceptors (Lipinski definition) is 6. The van der Waals surface area contributed by atoms with Crippen LogP contribution in [0.3, 0.4) is 0 Å². The lowest BCUT2D eigenvalue weighted by atomic mass is 9.93. The van der Waals surface area contributed by atoms with Crippen molar-refractivity contribution >= 4 is 28.5 Å². The van der Waals surface area contributed by atoms with Crippen LogP contribution < -0.4 is 5.32 Å². The van der Waals surface area contributed by atoms with E-state index in [2.05, 4.69) is 20.3 Å². The smallest absolute Gasteiger partial charge is 0.223 e. The van der Waals surface area contributed by atoms with Gasteiger partial charge in [-0.05, 0) is 35.6 Å². The molecule has 2 unspecified atom stereocenters. The quantitative estimate of drug-likeness (QED) is 0.563. The van der Waals surface area contributed by atoms with Crippen LogP contribution in [0.25, 0.3) is 22.2 Å². The predicted octanol–water partition coefficient (Wildman–Crippen LogP) is 4.39. The first kappa shape index (κ1) is 21.8. The van der Waals surface area contributed by atoms with E-state index in [4.69, 9.17) is 16.3 Å². The Bertz CT molecular complexity index is 1110. The summed E-state index contributed by atoms with van der Waals surface area (Å²) in [5.41, 5.74) is 2.12. The molecule has 0 aliphatic carbocycles. The average molecular weight is 449 g/mol. The zero-order chi connectivity index (χ0) is 22.1. The molecule has 164 valence electrons. The minimum atomic E-state index is -0.724. The van der Waals surface area contributed by atoms with Gasteiger partial charge in [0.25, 0.3) is 0 Å². The van der Waals surface area contributed by atoms with E-state index >= 15 is 0 Å². The molecule has 1 aliphatic rings. The second kappa shape index (κ2) is 8.98. The fraction of sp³-hybridized carbons (Fsp3) is 0.409. The molecule has 1 fully saturated rings. The molecule has 6 nitrogen and oxygen atoms in total. The number of pyridine rings is 1. The van der Waals surface area contributed by atoms with Gasteiger partial charge in [0, 0.05) is 29.6 Å². The van der Waals surface area contributed by atoms with E-state index in [0.717, 1.165) is 17.3 Å². The molecule has 2 N–H and O–H groups in total. The van der Waals surface area contributed by atoms with Crippen molar-refractivity contribution in [3.05, 3.63) is 47.3 Å². The van der Waals surface area contributed by atoms with Crippen molar-refractivity contribution in [2.24, 2.45) is 0 Å². The Morgan fingerprint density at radius 2 is 2.03 bits per heavy atom. The van der Waals surface area contributed by atoms with Crippen LogP contribution >= 0.6 is 11.6 Å². The Morgan fingerprint density at radius 1 is 1.23 bits per heavy atom. The molecule has 1 aliphatic heterocycles. The van der Waals surface area contributed by atoms with E-state index in [1.807, 2.05) is 13.8 Å². The highest BCUT2D eigenvalue weighted by Crippen LogP contribution is 2.34. The summed E-state index contributed by atoms with van der Waals surface area (Å²) in [6.07, 6.45) is 2.46. The lowest BCUT2D eigenvalue weighted by Crippen LogP contribution is -2.42. The molecule has 31 heavy (non-hydrogen) atoms. The van der Waals surface area contributed by atoms with Crippen LogP contribution in [0.15, 0.2) is 24.5 Å². The zero-order valence-electron chi connectivity index (χ0n) is 17.2. The van der Waals surface area contributed by atoms with E-state index in [1.165, 1.54) is 6.07 Å². The van der Waals surface area contributed by atoms with Crippen LogP contribution in [-0.4, -0.2) is 45.4 Å². The number of anilines is 1. The lowest BCUT2D eigenvalue weighted by Gasteiger charge is -2.28. The second-order valence-corrected chi connectivity index (χ2v) is 8.18. The summed E-state index contributed by atoms with van der Waals surface area (Å²) in [7, 11) is 0. The lowest BCUT2D eigenvalue weighted by molar-refractivity contribution is -0.0136. The van der Waals surface area contributed by atoms with Gasteiger partial charge in [0.05, 0.1) is 24.9 Å². The van der Waals surface area contributed by atoms with Crippen molar-refractivity contribution in [1.82, 2.24) is 15.0 Å². The molecule has 0 saturated carbocycles. The van der Waals surface area contributed by atoms with E-state index in [0.29, 0.717) is 18.4 Å². The maximum Gasteiger partial charge on any atom is 0.223 e. The van der Waals surface area contributed by atoms with Gasteiger partial charge in [-0.3, -0.25) is 4.98 Å². The Morgan fingerprint density at radius 3 is 2.74 bits per heavy atom. The molecule has 3 heterocycles. The third kappa shape index (κ3) is 4.33. The number of hydrogen-bond donors (Lipinski definition) is 2. The summed E-state index contributed by atoms with van der Waals surface area (Å²) in [4.78, 5) is 12.5. The maximum absolute atomic E-state index is 14.9. The second-order valence-electron chi connectivity index (χ2n) is 7.91. The van der Waals surface area contributed by atoms with E-state index < -0.39 is 17.7 Å². The molecular weight excluding hydrogens is 426 g/mol. The van der Waals surface area contributed by atoms with Crippen molar-refractivity contribution in [2.45, 2.75) is 44.2 Å². The number of aliphatic hydroxyl groups excluding tert-OH is 1. The zero-order valence-corrected chi connectivity index (χ0v) is 18.0. The van der Waals surface area contributed by atoms with Crippen LogP contribution in [0.5, 0.6) is 0 Å². The van der Waals surface area contributed by atoms with Crippen LogP contribution in [0.2, 0.25) is 0 Å². The first-order valence-electron chi connectivity index (χ1n) is 10.1. The number of rotatable bonds is 5. The van der Waals surface area contributed by atoms with Gasteiger partial charge in [-0.15, -0.1) is 11.6 Å². The number of fused-ring (bicyclic) bond motifs is 1. The van der Waals surface area contributed by atoms with Crippen LogP contribution in [0.1, 0.15) is 37.3 Å². The summed E-state index contributed by atoms with van der Waals surface area (Å²) in [5, 5.41) is 13.7. The third-order valence-electron chi connectivity index (χ3n) is 5.43. The first-order valence-corrected chi connectivity index (χ1v) is 10.6. The number of benzene rings is 1. The molecule has 0 bridgehead atoms. The number of ether oxygens (including phenoxy) is 1. The van der Waals surface area contributed by atoms with Crippen LogP contribution in [0, 0.1) is 11.6 Å². The van der Waals surface area contributed by atoms with Gasteiger partial charge < -0.3 is 15.2 Å². The van der Waals surface area contributed by atoms with Gasteiger partial charge >= 0.3 is 0 Å². The third-order valence-corrected chi connectivity index (χ3v) is 5.72. The van der Waals surface area contributed by atoms with Gasteiger partial charge in [-0.2, -0.15) is 0 Å². The Kier molecular flexibility index (Phi) is 6.31. The molecule has 2 aromatic heterocycles. The van der Waals surface area contributed by atoms with Crippen molar-refractivity contribution in [2.75, 3.05) is 18.5 Å². The fourth-order valence-electron chi connectivity index (χ4n) is 3.94. The maximum atomic E-state index is 14.9. The number of halogens is 3. The van der Waals surface area contributed by atoms with Gasteiger partial charge in [-0.25, -0.2) is 18.7 Å². The SMILES string of the molecule is CC(C)c1c(CCl)cnc2c(F)cc(-c3nc(NC4CCOCC4O)ncc3F)cc12. The number of alkyl halides is 1. The number of nitrogens with one attached hydrogen (secondary N) is 1. The molecule has 0 spiro atoms. The molecular formula is C22H23ClF2N4O2. The number of aliphatic hydroxyl groups is 1. The Balaban J connectivity index is 1.80. The number of aromatic nitrogens is 3. The first-order chi connectivity index (χ1) is 14.9. The molecule has 2 atom stereocenters. The van der Waals surface area contributed by atoms with Gasteiger partial charge in [0.15, 0.2) is 5.82 Å². The molecule has 0 amide bonds. The van der Waals surface area contributed by atoms with Crippen molar-refractivity contribution in [3.8, 4) is 11.3 Å². The minimum absolute atomic E-state index is 0.0363. The summed E-state index contributed by atoms with van der Waals surface area (Å²) in [6, 6.07) is 2.59. The molecule has 4 rings (SSSR count). The van der Waals surface area contributed by atoms with Crippen molar-refractivity contribution < 1.29 is 18.6 Å². The van der Waals surface area contributed by atoms with Gasteiger partial charge in [-0.1, -0.05) is 13.8 Å². The van der Waals surface area contributed by atoms with Gasteiger partial charge in [0.1, 0.15) is 17.0 Å². The highest BCUT2D eigenvalue weighted by atomic mass is 35.5. The normalized spacial score (nSPS) is 19.2. The van der Waals surface area contributed by atoms with Crippen molar-refractivity contribution in [1.29, 1.82) is 0 Å². The van der Waals surface area contributed by atoms with Gasteiger partial charge in [0.2, 0.25) is 5.95 Å². The molecule has 1 saturated heterocycles. The van der Waals surface area contributed by atoms with E-state index in [9.17, 15) is 13.9 Å². The van der Waals surface area contributed by atoms with E-state index in [-0.39, 0.29) is 47.2 Å². The standard InChI is InChI=1S/C22H23ClF2N4O2/c1-11(2)19-13(7-23)8-26-21-14(19)5-12(6-15(21)24)20-16(25)9-27-22(29-20)28-17-3-4-31-10-18(17)30/h5-6,8-9,11,17-18,30H,3-4,7,10H2,1-2H3,(H,27,28,29). The molecule has 0 radical (unpaired) electrons. The number of nitrogens with zero attached hydrogens (tertiary/aromatic N) is 3. The highest BCUT2D eigenvalue weighted by Gasteiger charge is 2.25. The largest absolute Gasteiger partial charge is 0.389 e. The fourth-order valence-corrected chi connectivity index (χ4v) is 4.15. The Labute approximate surface area is 183 Å². The monoisotopic (exact) mass is 448 g/mol. The topological polar surface area (TPSA) is 80.2 Å². The summed E-state index contributed by atoms with van der Waals surface area (Å²) >= 11 is 6.07. The van der Waals surface area contributed by atoms with Crippen molar-refractivity contribution in [3.63, 3.8) is 0 Å². The molecule has 1 aromatic carbocycles. The predicted molar refractivity (Wildman–Crippen MR) is 115 cm³/mol. The Hall–Kier alpha value is -2.42. The summed E-state index contributed by atoms with van der Waals surface area (Å²) in [5.74, 6) is -0.783. The molecule has 3 aromatic rings. The van der Waals surface area contributed by atoms with E-state index in [1.54, 1.807) is 12.3 Å². The average Bonchev–Trinajstić information content (AvgIpc) is 2.75. The summed E-state index contributed by atoms with van der Waals surface area (Å²) in [6.45, 7) is 4.67. The molecule has 9 heteroatoms. The highest BCUT2D eigenvalue weighted by molar-refractivity contribution is 6.17.